The molecule has 1 nitrogen and oxygen atoms in total. The molecule has 0 atom stereocenters. The fraction of sp³-hybridized carbons (Fsp3) is 0.333. The van der Waals surface area contributed by atoms with Crippen LogP contribution in [0.3, 0.4) is 0 Å². The minimum absolute atomic E-state index is 0.155. The van der Waals surface area contributed by atoms with Gasteiger partial charge >= 0.3 is 0 Å². The molecular weight excluding hydrogens is 306 g/mol. The summed E-state index contributed by atoms with van der Waals surface area (Å²) in [6.07, 6.45) is 9.45. The molecule has 1 saturated carbocycles. The lowest BCUT2D eigenvalue weighted by Gasteiger charge is -2.23. The number of halogens is 2. The zero-order chi connectivity index (χ0) is 17.1. The van der Waals surface area contributed by atoms with Crippen LogP contribution in [0.25, 0.3) is 17.2 Å². The SMILES string of the molecule is CC1CCC(C=Cc2ccc(-c3ccc(O)c(F)c3F)cc2)CC1. The van der Waals surface area contributed by atoms with Crippen molar-refractivity contribution in [2.75, 3.05) is 0 Å². The molecule has 0 spiro atoms. The first-order valence-corrected chi connectivity index (χ1v) is 8.50. The van der Waals surface area contributed by atoms with E-state index in [0.717, 1.165) is 11.5 Å². The minimum atomic E-state index is -1.21. The molecule has 0 heterocycles. The standard InChI is InChI=1S/C21H22F2O/c1-14-2-4-15(5-3-14)6-7-16-8-10-17(11-9-16)18-12-13-19(24)21(23)20(18)22/h6-15,24H,2-5H2,1H3. The third-order valence-electron chi connectivity index (χ3n) is 4.90. The summed E-state index contributed by atoms with van der Waals surface area (Å²) < 4.78 is 27.4. The van der Waals surface area contributed by atoms with Crippen LogP contribution < -0.4 is 0 Å². The van der Waals surface area contributed by atoms with E-state index in [1.54, 1.807) is 12.1 Å². The van der Waals surface area contributed by atoms with Crippen LogP contribution in [0.15, 0.2) is 42.5 Å². The van der Waals surface area contributed by atoms with Crippen molar-refractivity contribution in [1.29, 1.82) is 0 Å². The Morgan fingerprint density at radius 2 is 1.58 bits per heavy atom. The lowest BCUT2D eigenvalue weighted by atomic mass is 9.83. The Hall–Kier alpha value is -2.16. The van der Waals surface area contributed by atoms with Gasteiger partial charge in [0, 0.05) is 5.56 Å². The first-order valence-electron chi connectivity index (χ1n) is 8.50. The summed E-state index contributed by atoms with van der Waals surface area (Å²) in [6, 6.07) is 9.92. The average molecular weight is 328 g/mol. The molecule has 3 heteroatoms. The Morgan fingerprint density at radius 1 is 0.917 bits per heavy atom. The van der Waals surface area contributed by atoms with Gasteiger partial charge in [0.1, 0.15) is 0 Å². The number of rotatable bonds is 3. The van der Waals surface area contributed by atoms with Gasteiger partial charge in [0.25, 0.3) is 0 Å². The van der Waals surface area contributed by atoms with Crippen LogP contribution in [0.2, 0.25) is 0 Å². The summed E-state index contributed by atoms with van der Waals surface area (Å²) in [5.74, 6) is -1.41. The van der Waals surface area contributed by atoms with Crippen molar-refractivity contribution >= 4 is 6.08 Å². The summed E-state index contributed by atoms with van der Waals surface area (Å²) in [4.78, 5) is 0. The van der Waals surface area contributed by atoms with Crippen LogP contribution in [0.5, 0.6) is 5.75 Å². The average Bonchev–Trinajstić information content (AvgIpc) is 2.60. The van der Waals surface area contributed by atoms with Crippen LogP contribution in [0.4, 0.5) is 8.78 Å². The van der Waals surface area contributed by atoms with E-state index in [9.17, 15) is 13.9 Å². The van der Waals surface area contributed by atoms with Crippen molar-refractivity contribution in [3.8, 4) is 16.9 Å². The predicted octanol–water partition coefficient (Wildman–Crippen LogP) is 6.18. The van der Waals surface area contributed by atoms with Crippen LogP contribution in [-0.4, -0.2) is 5.11 Å². The van der Waals surface area contributed by atoms with Crippen molar-refractivity contribution in [3.05, 3.63) is 59.7 Å². The van der Waals surface area contributed by atoms with Crippen LogP contribution >= 0.6 is 0 Å². The third-order valence-corrected chi connectivity index (χ3v) is 4.90. The molecule has 126 valence electrons. The number of aromatic hydroxyl groups is 1. The van der Waals surface area contributed by atoms with E-state index < -0.39 is 17.4 Å². The summed E-state index contributed by atoms with van der Waals surface area (Å²) in [6.45, 7) is 2.31. The fourth-order valence-corrected chi connectivity index (χ4v) is 3.26. The minimum Gasteiger partial charge on any atom is -0.505 e. The topological polar surface area (TPSA) is 20.2 Å². The van der Waals surface area contributed by atoms with Gasteiger partial charge in [0.05, 0.1) is 0 Å². The molecule has 0 radical (unpaired) electrons. The molecule has 1 fully saturated rings. The predicted molar refractivity (Wildman–Crippen MR) is 93.6 cm³/mol. The smallest absolute Gasteiger partial charge is 0.200 e. The van der Waals surface area contributed by atoms with Gasteiger partial charge in [-0.05, 0) is 47.9 Å². The number of benzene rings is 2. The molecule has 2 aromatic rings. The van der Waals surface area contributed by atoms with Crippen LogP contribution in [0, 0.1) is 23.5 Å². The molecule has 0 unspecified atom stereocenters. The Bertz CT molecular complexity index is 726. The third kappa shape index (κ3) is 3.66. The molecule has 0 aromatic heterocycles. The molecular formula is C21H22F2O. The van der Waals surface area contributed by atoms with Crippen molar-refractivity contribution in [1.82, 2.24) is 0 Å². The maximum absolute atomic E-state index is 13.9. The van der Waals surface area contributed by atoms with Crippen molar-refractivity contribution in [2.45, 2.75) is 32.6 Å². The van der Waals surface area contributed by atoms with E-state index in [1.165, 1.54) is 37.8 Å². The van der Waals surface area contributed by atoms with Gasteiger partial charge in [0.2, 0.25) is 5.82 Å². The normalized spacial score (nSPS) is 21.3. The highest BCUT2D eigenvalue weighted by Crippen LogP contribution is 2.31. The lowest BCUT2D eigenvalue weighted by molar-refractivity contribution is 0.331. The van der Waals surface area contributed by atoms with E-state index in [4.69, 9.17) is 0 Å². The fourth-order valence-electron chi connectivity index (χ4n) is 3.26. The maximum atomic E-state index is 13.9. The van der Waals surface area contributed by atoms with Gasteiger partial charge in [-0.15, -0.1) is 0 Å². The zero-order valence-electron chi connectivity index (χ0n) is 13.8. The van der Waals surface area contributed by atoms with Crippen molar-refractivity contribution < 1.29 is 13.9 Å². The van der Waals surface area contributed by atoms with E-state index >= 15 is 0 Å². The Labute approximate surface area is 141 Å². The van der Waals surface area contributed by atoms with Crippen molar-refractivity contribution in [2.24, 2.45) is 11.8 Å². The van der Waals surface area contributed by atoms with Gasteiger partial charge in [0.15, 0.2) is 11.6 Å². The summed E-state index contributed by atoms with van der Waals surface area (Å²) >= 11 is 0. The van der Waals surface area contributed by atoms with Gasteiger partial charge in [-0.3, -0.25) is 0 Å². The zero-order valence-corrected chi connectivity index (χ0v) is 13.8. The van der Waals surface area contributed by atoms with Gasteiger partial charge in [-0.25, -0.2) is 4.39 Å². The first-order chi connectivity index (χ1) is 11.5. The van der Waals surface area contributed by atoms with E-state index in [0.29, 0.717) is 11.5 Å². The first kappa shape index (κ1) is 16.7. The largest absolute Gasteiger partial charge is 0.505 e. The molecule has 24 heavy (non-hydrogen) atoms. The molecule has 1 aliphatic carbocycles. The van der Waals surface area contributed by atoms with Gasteiger partial charge < -0.3 is 5.11 Å². The Kier molecular flexibility index (Phi) is 4.98. The Morgan fingerprint density at radius 3 is 2.25 bits per heavy atom. The molecule has 0 bridgehead atoms. The molecule has 2 aromatic carbocycles. The number of phenolic OH excluding ortho intramolecular Hbond substituents is 1. The second-order valence-electron chi connectivity index (χ2n) is 6.76. The molecule has 3 rings (SSSR count). The maximum Gasteiger partial charge on any atom is 0.200 e. The molecule has 1 aliphatic rings. The molecule has 0 amide bonds. The van der Waals surface area contributed by atoms with Gasteiger partial charge in [-0.2, -0.15) is 4.39 Å². The number of hydrogen-bond acceptors (Lipinski definition) is 1. The Balaban J connectivity index is 1.73. The highest BCUT2D eigenvalue weighted by molar-refractivity contribution is 5.67. The van der Waals surface area contributed by atoms with E-state index in [-0.39, 0.29) is 5.56 Å². The van der Waals surface area contributed by atoms with Gasteiger partial charge in [-0.1, -0.05) is 56.2 Å². The second kappa shape index (κ2) is 7.16. The summed E-state index contributed by atoms with van der Waals surface area (Å²) in [5, 5.41) is 9.20. The van der Waals surface area contributed by atoms with Crippen LogP contribution in [-0.2, 0) is 0 Å². The van der Waals surface area contributed by atoms with E-state index in [1.807, 2.05) is 12.1 Å². The summed E-state index contributed by atoms with van der Waals surface area (Å²) in [5.41, 5.74) is 1.80. The highest BCUT2D eigenvalue weighted by atomic mass is 19.2. The quantitative estimate of drug-likeness (QED) is 0.713. The van der Waals surface area contributed by atoms with Crippen LogP contribution in [0.1, 0.15) is 38.2 Å². The molecule has 1 N–H and O–H groups in total. The van der Waals surface area contributed by atoms with Crippen molar-refractivity contribution in [3.63, 3.8) is 0 Å². The number of phenols is 1. The number of hydrogen-bond donors (Lipinski definition) is 1. The van der Waals surface area contributed by atoms with E-state index in [2.05, 4.69) is 19.1 Å². The number of allylic oxidation sites excluding steroid dienone is 1. The highest BCUT2D eigenvalue weighted by Gasteiger charge is 2.16. The molecule has 0 aliphatic heterocycles. The molecule has 0 saturated heterocycles. The monoisotopic (exact) mass is 328 g/mol. The second-order valence-corrected chi connectivity index (χ2v) is 6.76. The lowest BCUT2D eigenvalue weighted by Crippen LogP contribution is -2.09. The summed E-state index contributed by atoms with van der Waals surface area (Å²) in [7, 11) is 0.